The maximum atomic E-state index is 13.4. The van der Waals surface area contributed by atoms with E-state index in [1.807, 2.05) is 43.2 Å². The number of allylic oxidation sites excluding steroid dienone is 3. The van der Waals surface area contributed by atoms with Gasteiger partial charge in [0.25, 0.3) is 0 Å². The average Bonchev–Trinajstić information content (AvgIpc) is 2.90. The second-order valence-corrected chi connectivity index (χ2v) is 10.4. The molecule has 0 heterocycles. The molecule has 1 amide bonds. The van der Waals surface area contributed by atoms with Crippen LogP contribution in [0.2, 0.25) is 0 Å². The van der Waals surface area contributed by atoms with Crippen molar-refractivity contribution >= 4 is 33.8 Å². The molecule has 2 atom stereocenters. The maximum absolute atomic E-state index is 13.4. The number of Topliss-reactive ketones (excluding diaryl/α,β-unsaturated/α-hetero) is 1. The minimum Gasteiger partial charge on any atom is -0.508 e. The van der Waals surface area contributed by atoms with E-state index in [-0.39, 0.29) is 30.4 Å². The summed E-state index contributed by atoms with van der Waals surface area (Å²) in [7, 11) is 0. The monoisotopic (exact) mass is 609 g/mol. The van der Waals surface area contributed by atoms with Crippen molar-refractivity contribution in [2.45, 2.75) is 84.5 Å². The molecule has 8 nitrogen and oxygen atoms in total. The summed E-state index contributed by atoms with van der Waals surface area (Å²) in [5.41, 5.74) is 0.759. The Labute approximate surface area is 241 Å². The van der Waals surface area contributed by atoms with E-state index in [1.165, 1.54) is 12.1 Å². The molecule has 9 heteroatoms. The van der Waals surface area contributed by atoms with Crippen molar-refractivity contribution in [3.8, 4) is 5.75 Å². The summed E-state index contributed by atoms with van der Waals surface area (Å²) in [4.78, 5) is 38.4. The number of phenolic OH excluding ortho intramolecular Hbond substituents is 1. The van der Waals surface area contributed by atoms with Crippen molar-refractivity contribution in [2.75, 3.05) is 18.9 Å². The number of alkyl halides is 1. The van der Waals surface area contributed by atoms with E-state index in [4.69, 9.17) is 9.47 Å². The molecule has 4 N–H and O–H groups in total. The molecule has 218 valence electrons. The highest BCUT2D eigenvalue weighted by atomic mass is 79.9. The zero-order chi connectivity index (χ0) is 29.4. The molecule has 0 radical (unpaired) electrons. The van der Waals surface area contributed by atoms with Crippen LogP contribution < -0.4 is 10.6 Å². The van der Waals surface area contributed by atoms with Crippen LogP contribution in [-0.2, 0) is 25.5 Å². The molecular weight excluding hydrogens is 564 g/mol. The number of carbonyl (C=O) groups is 3. The molecular formula is C30H46BrN2O6+. The van der Waals surface area contributed by atoms with Gasteiger partial charge in [0.2, 0.25) is 5.78 Å². The van der Waals surface area contributed by atoms with Crippen LogP contribution in [0.25, 0.3) is 0 Å². The number of quaternary nitrogens is 1. The molecule has 0 aromatic heterocycles. The van der Waals surface area contributed by atoms with Crippen molar-refractivity contribution in [1.82, 2.24) is 5.32 Å². The fourth-order valence-electron chi connectivity index (χ4n) is 4.21. The Morgan fingerprint density at radius 3 is 2.26 bits per heavy atom. The Balaban J connectivity index is 0.00000371. The van der Waals surface area contributed by atoms with Crippen LogP contribution in [0.5, 0.6) is 5.75 Å². The number of phenols is 1. The SMILES string of the molecule is CBr.CCC(CC)[C@H](C[NH2+]CC(=O)C1=CCCC=C1)OC(=O)[C@H](Cc1ccc(O)cc1)NC(=O)OC(C)(C)C. The first-order valence-electron chi connectivity index (χ1n) is 13.6. The smallest absolute Gasteiger partial charge is 0.408 e. The zero-order valence-electron chi connectivity index (χ0n) is 24.2. The van der Waals surface area contributed by atoms with Crippen molar-refractivity contribution in [3.63, 3.8) is 0 Å². The molecule has 2 rings (SSSR count). The van der Waals surface area contributed by atoms with Crippen LogP contribution in [-0.4, -0.2) is 59.6 Å². The van der Waals surface area contributed by atoms with Gasteiger partial charge in [0.1, 0.15) is 30.5 Å². The van der Waals surface area contributed by atoms with Crippen LogP contribution in [0, 0.1) is 5.92 Å². The number of hydrogen-bond donors (Lipinski definition) is 3. The third-order valence-corrected chi connectivity index (χ3v) is 6.24. The first-order chi connectivity index (χ1) is 18.5. The van der Waals surface area contributed by atoms with Gasteiger partial charge in [-0.15, -0.1) is 0 Å². The van der Waals surface area contributed by atoms with Gasteiger partial charge in [0.05, 0.1) is 0 Å². The number of hydrogen-bond acceptors (Lipinski definition) is 6. The van der Waals surface area contributed by atoms with Crippen LogP contribution in [0.3, 0.4) is 0 Å². The Morgan fingerprint density at radius 2 is 1.72 bits per heavy atom. The van der Waals surface area contributed by atoms with Crippen molar-refractivity contribution < 1.29 is 34.3 Å². The van der Waals surface area contributed by atoms with E-state index >= 15 is 0 Å². The number of ketones is 1. The lowest BCUT2D eigenvalue weighted by Crippen LogP contribution is -2.88. The van der Waals surface area contributed by atoms with Crippen molar-refractivity contribution in [3.05, 3.63) is 53.6 Å². The van der Waals surface area contributed by atoms with E-state index in [0.717, 1.165) is 36.8 Å². The van der Waals surface area contributed by atoms with Crippen LogP contribution in [0.1, 0.15) is 65.9 Å². The summed E-state index contributed by atoms with van der Waals surface area (Å²) in [5, 5.41) is 14.1. The predicted octanol–water partition coefficient (Wildman–Crippen LogP) is 4.60. The molecule has 0 fully saturated rings. The minimum atomic E-state index is -0.976. The Hall–Kier alpha value is -2.65. The molecule has 0 unspecified atom stereocenters. The summed E-state index contributed by atoms with van der Waals surface area (Å²) >= 11 is 2.94. The zero-order valence-corrected chi connectivity index (χ0v) is 25.8. The quantitative estimate of drug-likeness (QED) is 0.222. The molecule has 0 bridgehead atoms. The number of nitrogens with one attached hydrogen (secondary N) is 1. The second-order valence-electron chi connectivity index (χ2n) is 10.4. The summed E-state index contributed by atoms with van der Waals surface area (Å²) in [6, 6.07) is 5.47. The summed E-state index contributed by atoms with van der Waals surface area (Å²) in [5.74, 6) is 1.53. The molecule has 0 aliphatic heterocycles. The second kappa shape index (κ2) is 17.8. The highest BCUT2D eigenvalue weighted by Gasteiger charge is 2.31. The molecule has 39 heavy (non-hydrogen) atoms. The van der Waals surface area contributed by atoms with E-state index in [0.29, 0.717) is 6.54 Å². The Bertz CT molecular complexity index is 965. The van der Waals surface area contributed by atoms with E-state index < -0.39 is 29.8 Å². The number of benzene rings is 1. The predicted molar refractivity (Wildman–Crippen MR) is 157 cm³/mol. The number of amides is 1. The molecule has 0 spiro atoms. The lowest BCUT2D eigenvalue weighted by molar-refractivity contribution is -0.650. The van der Waals surface area contributed by atoms with Crippen LogP contribution >= 0.6 is 15.9 Å². The van der Waals surface area contributed by atoms with Crippen LogP contribution in [0.15, 0.2) is 48.1 Å². The molecule has 1 aliphatic rings. The van der Waals surface area contributed by atoms with Gasteiger partial charge in [0.15, 0.2) is 6.10 Å². The Kier molecular flexibility index (Phi) is 15.7. The normalized spacial score (nSPS) is 14.4. The Morgan fingerprint density at radius 1 is 1.08 bits per heavy atom. The standard InChI is InChI=1S/C29H42N2O6.CH3Br/c1-6-21(7-2)26(19-30-18-25(33)22-11-9-8-10-12-22)36-27(34)24(31-28(35)37-29(3,4)5)17-20-13-15-23(32)16-14-20;1-2/h9,11-16,21,24,26,30,32H,6-8,10,17-19H2,1-5H3,(H,31,35);1H3/p+1/t24-,26-;/m0./s1. The average molecular weight is 611 g/mol. The van der Waals surface area contributed by atoms with Gasteiger partial charge in [-0.3, -0.25) is 4.79 Å². The van der Waals surface area contributed by atoms with Gasteiger partial charge in [-0.1, -0.05) is 60.1 Å². The lowest BCUT2D eigenvalue weighted by atomic mass is 9.96. The topological polar surface area (TPSA) is 119 Å². The molecule has 1 aromatic carbocycles. The van der Waals surface area contributed by atoms with Gasteiger partial charge in [-0.05, 0) is 70.0 Å². The number of ether oxygens (including phenoxy) is 2. The fourth-order valence-corrected chi connectivity index (χ4v) is 4.21. The number of aromatic hydroxyl groups is 1. The summed E-state index contributed by atoms with van der Waals surface area (Å²) in [6.45, 7) is 10.1. The number of nitrogens with two attached hydrogens (primary N) is 1. The first kappa shape index (κ1) is 34.4. The van der Waals surface area contributed by atoms with Gasteiger partial charge in [0, 0.05) is 17.9 Å². The summed E-state index contributed by atoms with van der Waals surface area (Å²) < 4.78 is 11.3. The molecule has 0 saturated heterocycles. The van der Waals surface area contributed by atoms with E-state index in [9.17, 15) is 19.5 Å². The van der Waals surface area contributed by atoms with E-state index in [2.05, 4.69) is 21.2 Å². The lowest BCUT2D eigenvalue weighted by Gasteiger charge is -2.27. The third kappa shape index (κ3) is 13.3. The highest BCUT2D eigenvalue weighted by Crippen LogP contribution is 2.18. The van der Waals surface area contributed by atoms with Gasteiger partial charge in [-0.2, -0.15) is 0 Å². The van der Waals surface area contributed by atoms with Crippen molar-refractivity contribution in [2.24, 2.45) is 5.92 Å². The number of carbonyl (C=O) groups excluding carboxylic acids is 3. The largest absolute Gasteiger partial charge is 0.508 e. The number of esters is 1. The third-order valence-electron chi connectivity index (χ3n) is 6.24. The van der Waals surface area contributed by atoms with Crippen LogP contribution in [0.4, 0.5) is 4.79 Å². The molecule has 0 saturated carbocycles. The van der Waals surface area contributed by atoms with Crippen molar-refractivity contribution in [1.29, 1.82) is 0 Å². The highest BCUT2D eigenvalue weighted by molar-refractivity contribution is 9.08. The number of alkyl carbamates (subject to hydrolysis) is 1. The summed E-state index contributed by atoms with van der Waals surface area (Å²) in [6.07, 6.45) is 8.34. The fraction of sp³-hybridized carbons (Fsp3) is 0.567. The van der Waals surface area contributed by atoms with Gasteiger partial charge >= 0.3 is 12.1 Å². The number of halogens is 1. The van der Waals surface area contributed by atoms with Gasteiger partial charge < -0.3 is 25.2 Å². The van der Waals surface area contributed by atoms with E-state index in [1.54, 1.807) is 32.9 Å². The van der Waals surface area contributed by atoms with Gasteiger partial charge in [-0.25, -0.2) is 9.59 Å². The minimum absolute atomic E-state index is 0.0578. The number of rotatable bonds is 13. The first-order valence-corrected chi connectivity index (χ1v) is 15.2. The molecule has 1 aromatic rings. The maximum Gasteiger partial charge on any atom is 0.408 e. The molecule has 1 aliphatic carbocycles.